The van der Waals surface area contributed by atoms with Crippen LogP contribution in [-0.2, 0) is 11.3 Å². The number of rotatable bonds is 2. The molecule has 0 saturated carbocycles. The van der Waals surface area contributed by atoms with Crippen molar-refractivity contribution in [1.82, 2.24) is 9.97 Å². The van der Waals surface area contributed by atoms with E-state index < -0.39 is 0 Å². The Morgan fingerprint density at radius 3 is 2.86 bits per heavy atom. The highest BCUT2D eigenvalue weighted by molar-refractivity contribution is 5.21. The normalized spacial score (nSPS) is 22.8. The lowest BCUT2D eigenvalue weighted by molar-refractivity contribution is 0.0756. The summed E-state index contributed by atoms with van der Waals surface area (Å²) >= 11 is 0. The molecule has 3 N–H and O–H groups in total. The van der Waals surface area contributed by atoms with Crippen LogP contribution in [0.3, 0.4) is 0 Å². The molecule has 2 rings (SSSR count). The van der Waals surface area contributed by atoms with Gasteiger partial charge in [0.05, 0.1) is 30.1 Å². The predicted molar refractivity (Wildman–Crippen MR) is 53.6 cm³/mol. The number of nitrogens with one attached hydrogen (secondary N) is 1. The van der Waals surface area contributed by atoms with Gasteiger partial charge in [0.2, 0.25) is 0 Å². The third-order valence-electron chi connectivity index (χ3n) is 2.73. The molecule has 4 heteroatoms. The van der Waals surface area contributed by atoms with Crippen molar-refractivity contribution in [3.63, 3.8) is 0 Å². The highest BCUT2D eigenvalue weighted by Crippen LogP contribution is 2.29. The minimum absolute atomic E-state index is 0.00667. The van der Waals surface area contributed by atoms with Crippen LogP contribution in [0.4, 0.5) is 0 Å². The van der Waals surface area contributed by atoms with E-state index in [-0.39, 0.29) is 12.1 Å². The lowest BCUT2D eigenvalue weighted by atomic mass is 10.1. The van der Waals surface area contributed by atoms with Crippen molar-refractivity contribution in [2.75, 3.05) is 0 Å². The molecule has 0 amide bonds. The Balaban J connectivity index is 2.26. The van der Waals surface area contributed by atoms with Crippen LogP contribution in [0, 0.1) is 5.92 Å². The lowest BCUT2D eigenvalue weighted by Gasteiger charge is -2.12. The maximum Gasteiger partial charge on any atom is 0.124 e. The largest absolute Gasteiger partial charge is 0.366 e. The molecule has 1 aliphatic heterocycles. The lowest BCUT2D eigenvalue weighted by Crippen LogP contribution is -2.18. The van der Waals surface area contributed by atoms with Crippen LogP contribution >= 0.6 is 0 Å². The van der Waals surface area contributed by atoms with Gasteiger partial charge in [-0.25, -0.2) is 4.98 Å². The molecule has 1 aromatic rings. The molecule has 2 atom stereocenters. The minimum Gasteiger partial charge on any atom is -0.366 e. The van der Waals surface area contributed by atoms with E-state index in [0.29, 0.717) is 12.5 Å². The standard InChI is InChI=1S/C10H17N3O/c1-5(2)8(11)10-12-7-4-14-6(3)9(7)13-10/h5-6,8H,4,11H2,1-3H3,(H,12,13). The smallest absolute Gasteiger partial charge is 0.124 e. The highest BCUT2D eigenvalue weighted by Gasteiger charge is 2.26. The van der Waals surface area contributed by atoms with Crippen molar-refractivity contribution in [2.24, 2.45) is 11.7 Å². The van der Waals surface area contributed by atoms with Gasteiger partial charge in [-0.3, -0.25) is 0 Å². The van der Waals surface area contributed by atoms with Crippen molar-refractivity contribution in [1.29, 1.82) is 0 Å². The molecule has 0 aromatic carbocycles. The number of ether oxygens (including phenoxy) is 1. The summed E-state index contributed by atoms with van der Waals surface area (Å²) in [6, 6.07) is -0.00667. The first-order valence-electron chi connectivity index (χ1n) is 5.05. The molecular weight excluding hydrogens is 178 g/mol. The minimum atomic E-state index is -0.00667. The first-order chi connectivity index (χ1) is 6.59. The zero-order valence-corrected chi connectivity index (χ0v) is 8.87. The van der Waals surface area contributed by atoms with Crippen molar-refractivity contribution >= 4 is 0 Å². The fourth-order valence-electron chi connectivity index (χ4n) is 1.65. The number of nitrogens with two attached hydrogens (primary N) is 1. The summed E-state index contributed by atoms with van der Waals surface area (Å²) < 4.78 is 5.42. The molecular formula is C10H17N3O. The number of nitrogens with zero attached hydrogens (tertiary/aromatic N) is 1. The molecule has 2 unspecified atom stereocenters. The predicted octanol–water partition coefficient (Wildman–Crippen LogP) is 1.66. The second-order valence-electron chi connectivity index (χ2n) is 4.21. The van der Waals surface area contributed by atoms with E-state index in [1.54, 1.807) is 0 Å². The molecule has 78 valence electrons. The summed E-state index contributed by atoms with van der Waals surface area (Å²) in [5.74, 6) is 1.29. The van der Waals surface area contributed by atoms with Crippen LogP contribution in [0.15, 0.2) is 0 Å². The van der Waals surface area contributed by atoms with Gasteiger partial charge in [-0.2, -0.15) is 0 Å². The third-order valence-corrected chi connectivity index (χ3v) is 2.73. The summed E-state index contributed by atoms with van der Waals surface area (Å²) in [7, 11) is 0. The monoisotopic (exact) mass is 195 g/mol. The quantitative estimate of drug-likeness (QED) is 0.754. The van der Waals surface area contributed by atoms with Crippen molar-refractivity contribution in [2.45, 2.75) is 39.5 Å². The van der Waals surface area contributed by atoms with Gasteiger partial charge in [0, 0.05) is 0 Å². The molecule has 14 heavy (non-hydrogen) atoms. The van der Waals surface area contributed by atoms with Crippen LogP contribution < -0.4 is 5.73 Å². The molecule has 0 saturated heterocycles. The van der Waals surface area contributed by atoms with E-state index >= 15 is 0 Å². The first kappa shape index (κ1) is 9.68. The van der Waals surface area contributed by atoms with Crippen molar-refractivity contribution in [3.8, 4) is 0 Å². The number of aromatic nitrogens is 2. The van der Waals surface area contributed by atoms with Crippen LogP contribution in [0.1, 0.15) is 50.1 Å². The van der Waals surface area contributed by atoms with Crippen LogP contribution in [-0.4, -0.2) is 9.97 Å². The van der Waals surface area contributed by atoms with Gasteiger partial charge in [0.15, 0.2) is 0 Å². The van der Waals surface area contributed by atoms with E-state index in [1.807, 2.05) is 6.92 Å². The summed E-state index contributed by atoms with van der Waals surface area (Å²) in [5.41, 5.74) is 8.12. The maximum atomic E-state index is 6.01. The number of hydrogen-bond acceptors (Lipinski definition) is 3. The van der Waals surface area contributed by atoms with Crippen LogP contribution in [0.25, 0.3) is 0 Å². The van der Waals surface area contributed by atoms with Crippen molar-refractivity contribution in [3.05, 3.63) is 17.2 Å². The van der Waals surface area contributed by atoms with E-state index in [0.717, 1.165) is 17.2 Å². The van der Waals surface area contributed by atoms with Crippen LogP contribution in [0.2, 0.25) is 0 Å². The SMILES string of the molecule is CC1OCc2[nH]c(C(N)C(C)C)nc21. The topological polar surface area (TPSA) is 63.9 Å². The average Bonchev–Trinajstić information content (AvgIpc) is 2.67. The summed E-state index contributed by atoms with van der Waals surface area (Å²) in [6.07, 6.45) is 0.106. The van der Waals surface area contributed by atoms with E-state index in [4.69, 9.17) is 10.5 Å². The molecule has 1 aromatic heterocycles. The Bertz CT molecular complexity index is 332. The van der Waals surface area contributed by atoms with Gasteiger partial charge in [-0.15, -0.1) is 0 Å². The molecule has 0 bridgehead atoms. The van der Waals surface area contributed by atoms with E-state index in [9.17, 15) is 0 Å². The summed E-state index contributed by atoms with van der Waals surface area (Å²) in [5, 5.41) is 0. The Labute approximate surface area is 83.9 Å². The number of hydrogen-bond donors (Lipinski definition) is 2. The fraction of sp³-hybridized carbons (Fsp3) is 0.700. The molecule has 2 heterocycles. The second kappa shape index (κ2) is 3.37. The van der Waals surface area contributed by atoms with Gasteiger partial charge in [0.1, 0.15) is 5.82 Å². The summed E-state index contributed by atoms with van der Waals surface area (Å²) in [4.78, 5) is 7.73. The Morgan fingerprint density at radius 1 is 1.57 bits per heavy atom. The van der Waals surface area contributed by atoms with Gasteiger partial charge >= 0.3 is 0 Å². The average molecular weight is 195 g/mol. The molecule has 0 aliphatic carbocycles. The van der Waals surface area contributed by atoms with Crippen LogP contribution in [0.5, 0.6) is 0 Å². The molecule has 0 fully saturated rings. The molecule has 4 nitrogen and oxygen atoms in total. The van der Waals surface area contributed by atoms with Gasteiger partial charge in [0.25, 0.3) is 0 Å². The van der Waals surface area contributed by atoms with Crippen molar-refractivity contribution < 1.29 is 4.74 Å². The molecule has 0 spiro atoms. The number of H-pyrrole nitrogens is 1. The van der Waals surface area contributed by atoms with Gasteiger partial charge in [-0.1, -0.05) is 13.8 Å². The van der Waals surface area contributed by atoms with E-state index in [2.05, 4.69) is 23.8 Å². The van der Waals surface area contributed by atoms with E-state index in [1.165, 1.54) is 0 Å². The Morgan fingerprint density at radius 2 is 2.29 bits per heavy atom. The fourth-order valence-corrected chi connectivity index (χ4v) is 1.65. The maximum absolute atomic E-state index is 6.01. The number of imidazole rings is 1. The Kier molecular flexibility index (Phi) is 2.33. The summed E-state index contributed by atoms with van der Waals surface area (Å²) in [6.45, 7) is 6.84. The zero-order valence-electron chi connectivity index (χ0n) is 8.87. The Hall–Kier alpha value is -0.870. The zero-order chi connectivity index (χ0) is 10.3. The second-order valence-corrected chi connectivity index (χ2v) is 4.21. The van der Waals surface area contributed by atoms with Gasteiger partial charge < -0.3 is 15.5 Å². The molecule has 1 aliphatic rings. The number of aromatic amines is 1. The number of fused-ring (bicyclic) bond motifs is 1. The highest BCUT2D eigenvalue weighted by atomic mass is 16.5. The third kappa shape index (κ3) is 1.44. The first-order valence-corrected chi connectivity index (χ1v) is 5.05. The van der Waals surface area contributed by atoms with Gasteiger partial charge in [-0.05, 0) is 12.8 Å². The molecule has 0 radical (unpaired) electrons.